The van der Waals surface area contributed by atoms with Gasteiger partial charge in [-0.15, -0.1) is 0 Å². The number of hydrogen-bond acceptors (Lipinski definition) is 7. The first-order valence-electron chi connectivity index (χ1n) is 10.8. The van der Waals surface area contributed by atoms with Gasteiger partial charge in [-0.05, 0) is 31.0 Å². The van der Waals surface area contributed by atoms with Gasteiger partial charge in [0, 0.05) is 25.4 Å². The average Bonchev–Trinajstić information content (AvgIpc) is 3.59. The smallest absolute Gasteiger partial charge is 0.282 e. The van der Waals surface area contributed by atoms with E-state index in [9.17, 15) is 4.79 Å². The Labute approximate surface area is 201 Å². The van der Waals surface area contributed by atoms with E-state index in [1.54, 1.807) is 22.5 Å². The Balaban J connectivity index is 0.00000241. The maximum Gasteiger partial charge on any atom is 0.282 e. The van der Waals surface area contributed by atoms with Crippen molar-refractivity contribution in [2.75, 3.05) is 18.6 Å². The molecule has 4 aromatic heterocycles. The molecule has 0 bridgehead atoms. The van der Waals surface area contributed by atoms with Gasteiger partial charge >= 0.3 is 0 Å². The Morgan fingerprint density at radius 1 is 1.15 bits per heavy atom. The zero-order chi connectivity index (χ0) is 22.4. The van der Waals surface area contributed by atoms with E-state index in [4.69, 9.17) is 9.84 Å². The van der Waals surface area contributed by atoms with Gasteiger partial charge in [-0.2, -0.15) is 18.6 Å². The van der Waals surface area contributed by atoms with E-state index in [1.165, 1.54) is 6.33 Å². The Morgan fingerprint density at radius 2 is 2.00 bits per heavy atom. The Bertz CT molecular complexity index is 1510. The molecule has 0 spiro atoms. The number of aromatic amines is 1. The maximum absolute atomic E-state index is 13.9. The number of benzene rings is 1. The van der Waals surface area contributed by atoms with Crippen LogP contribution in [0.5, 0.6) is 0 Å². The number of para-hydroxylation sites is 1. The van der Waals surface area contributed by atoms with Crippen molar-refractivity contribution in [1.82, 2.24) is 34.1 Å². The number of fused-ring (bicyclic) bond motifs is 2. The van der Waals surface area contributed by atoms with Crippen molar-refractivity contribution in [3.63, 3.8) is 0 Å². The molecule has 1 saturated heterocycles. The molecular formula is C23H24N8O2S. The third-order valence-electron chi connectivity index (χ3n) is 6.14. The topological polar surface area (TPSA) is 106 Å². The molecule has 1 aliphatic heterocycles. The van der Waals surface area contributed by atoms with Crippen LogP contribution in [0.15, 0.2) is 60.0 Å². The van der Waals surface area contributed by atoms with Gasteiger partial charge in [0.15, 0.2) is 17.3 Å². The fourth-order valence-electron chi connectivity index (χ4n) is 4.72. The van der Waals surface area contributed by atoms with Crippen molar-refractivity contribution >= 4 is 36.0 Å². The summed E-state index contributed by atoms with van der Waals surface area (Å²) in [5, 5.41) is 4.95. The summed E-state index contributed by atoms with van der Waals surface area (Å²) < 4.78 is 8.71. The minimum absolute atomic E-state index is 0. The second-order valence-corrected chi connectivity index (χ2v) is 8.05. The second-order valence-electron chi connectivity index (χ2n) is 8.05. The fraction of sp³-hybridized carbons (Fsp3) is 0.261. The molecule has 6 rings (SSSR count). The number of nitrogens with zero attached hydrogens (tertiary/aromatic N) is 7. The van der Waals surface area contributed by atoms with Crippen LogP contribution in [0.2, 0.25) is 0 Å². The summed E-state index contributed by atoms with van der Waals surface area (Å²) in [6, 6.07) is 11.4. The first kappa shape index (κ1) is 22.1. The average molecular weight is 477 g/mol. The van der Waals surface area contributed by atoms with E-state index >= 15 is 0 Å². The molecule has 1 atom stereocenters. The van der Waals surface area contributed by atoms with E-state index < -0.39 is 0 Å². The largest absolute Gasteiger partial charge is 0.380 e. The lowest BCUT2D eigenvalue weighted by Gasteiger charge is -2.27. The van der Waals surface area contributed by atoms with Crippen molar-refractivity contribution in [2.24, 2.45) is 0 Å². The van der Waals surface area contributed by atoms with E-state index in [0.29, 0.717) is 23.6 Å². The molecule has 5 aromatic rings. The zero-order valence-electron chi connectivity index (χ0n) is 18.5. The number of rotatable bonds is 5. The van der Waals surface area contributed by atoms with Crippen LogP contribution in [0.1, 0.15) is 30.3 Å². The molecule has 1 fully saturated rings. The van der Waals surface area contributed by atoms with Crippen LogP contribution in [0, 0.1) is 0 Å². The normalized spacial score (nSPS) is 15.8. The standard InChI is InChI=1S/C23H22N8O2.H2S/c1-33-12-15-9-11-30-19(15)23(32)31(16-6-3-2-4-7-16)21(28-30)17-8-5-10-29(17)22-18-20(25-13-24-18)26-14-27-22;/h2-4,6-7,9,11,13-14,17H,5,8,10,12H2,1H3,(H,24,25,26,27);1H2/t17-;/m0./s1. The Kier molecular flexibility index (Phi) is 5.80. The highest BCUT2D eigenvalue weighted by Gasteiger charge is 2.33. The molecule has 0 aliphatic carbocycles. The van der Waals surface area contributed by atoms with Gasteiger partial charge in [0.05, 0.1) is 24.7 Å². The number of ether oxygens (including phenoxy) is 1. The third-order valence-corrected chi connectivity index (χ3v) is 6.14. The van der Waals surface area contributed by atoms with Gasteiger partial charge in [0.25, 0.3) is 5.56 Å². The first-order chi connectivity index (χ1) is 16.3. The molecule has 1 N–H and O–H groups in total. The second kappa shape index (κ2) is 8.92. The number of hydrogen-bond donors (Lipinski definition) is 1. The molecule has 174 valence electrons. The van der Waals surface area contributed by atoms with Crippen molar-refractivity contribution in [1.29, 1.82) is 0 Å². The van der Waals surface area contributed by atoms with E-state index in [2.05, 4.69) is 24.8 Å². The van der Waals surface area contributed by atoms with Crippen LogP contribution in [0.4, 0.5) is 5.82 Å². The molecular weight excluding hydrogens is 452 g/mol. The summed E-state index contributed by atoms with van der Waals surface area (Å²) in [7, 11) is 1.62. The van der Waals surface area contributed by atoms with Crippen LogP contribution in [-0.2, 0) is 11.3 Å². The molecule has 1 aromatic carbocycles. The van der Waals surface area contributed by atoms with Crippen molar-refractivity contribution in [3.8, 4) is 5.69 Å². The number of H-pyrrole nitrogens is 1. The summed E-state index contributed by atoms with van der Waals surface area (Å²) in [6.07, 6.45) is 6.76. The minimum atomic E-state index is -0.142. The number of imidazole rings is 1. The summed E-state index contributed by atoms with van der Waals surface area (Å²) in [6.45, 7) is 1.13. The Hall–Kier alpha value is -3.70. The monoisotopic (exact) mass is 476 g/mol. The predicted octanol–water partition coefficient (Wildman–Crippen LogP) is 2.75. The molecule has 0 radical (unpaired) electrons. The van der Waals surface area contributed by atoms with Gasteiger partial charge in [0.1, 0.15) is 17.4 Å². The van der Waals surface area contributed by atoms with Gasteiger partial charge in [-0.3, -0.25) is 9.36 Å². The quantitative estimate of drug-likeness (QED) is 0.416. The summed E-state index contributed by atoms with van der Waals surface area (Å²) in [4.78, 5) is 32.3. The fourth-order valence-corrected chi connectivity index (χ4v) is 4.72. The molecule has 0 unspecified atom stereocenters. The van der Waals surface area contributed by atoms with E-state index in [1.807, 2.05) is 42.6 Å². The van der Waals surface area contributed by atoms with Crippen molar-refractivity contribution < 1.29 is 4.74 Å². The van der Waals surface area contributed by atoms with E-state index in [-0.39, 0.29) is 25.1 Å². The number of anilines is 1. The van der Waals surface area contributed by atoms with Gasteiger partial charge < -0.3 is 14.6 Å². The number of aromatic nitrogens is 7. The predicted molar refractivity (Wildman–Crippen MR) is 133 cm³/mol. The Morgan fingerprint density at radius 3 is 2.82 bits per heavy atom. The summed E-state index contributed by atoms with van der Waals surface area (Å²) in [5.41, 5.74) is 3.38. The van der Waals surface area contributed by atoms with Crippen LogP contribution in [-0.4, -0.2) is 47.8 Å². The van der Waals surface area contributed by atoms with Crippen molar-refractivity contribution in [3.05, 3.63) is 77.0 Å². The highest BCUT2D eigenvalue weighted by Crippen LogP contribution is 2.36. The highest BCUT2D eigenvalue weighted by atomic mass is 32.1. The molecule has 1 aliphatic rings. The number of nitrogens with one attached hydrogen (secondary N) is 1. The van der Waals surface area contributed by atoms with Crippen LogP contribution in [0.3, 0.4) is 0 Å². The minimum Gasteiger partial charge on any atom is -0.380 e. The molecule has 11 heteroatoms. The molecule has 34 heavy (non-hydrogen) atoms. The lowest BCUT2D eigenvalue weighted by Crippen LogP contribution is -2.33. The van der Waals surface area contributed by atoms with E-state index in [0.717, 1.165) is 42.0 Å². The van der Waals surface area contributed by atoms with Crippen LogP contribution < -0.4 is 10.5 Å². The van der Waals surface area contributed by atoms with Crippen LogP contribution in [0.25, 0.3) is 22.4 Å². The lowest BCUT2D eigenvalue weighted by molar-refractivity contribution is 0.186. The summed E-state index contributed by atoms with van der Waals surface area (Å²) in [5.74, 6) is 1.43. The van der Waals surface area contributed by atoms with Gasteiger partial charge in [0.2, 0.25) is 0 Å². The van der Waals surface area contributed by atoms with Crippen LogP contribution >= 0.6 is 13.5 Å². The molecule has 10 nitrogen and oxygen atoms in total. The highest BCUT2D eigenvalue weighted by molar-refractivity contribution is 7.59. The first-order valence-corrected chi connectivity index (χ1v) is 10.8. The molecule has 0 amide bonds. The van der Waals surface area contributed by atoms with Crippen molar-refractivity contribution in [2.45, 2.75) is 25.5 Å². The SMILES string of the molecule is COCc1ccn2nc([C@@H]3CCCN3c3ncnc4nc[nH]c34)n(-c3ccccc3)c(=O)c12.S. The third kappa shape index (κ3) is 3.44. The van der Waals surface area contributed by atoms with Gasteiger partial charge in [-0.25, -0.2) is 19.5 Å². The lowest BCUT2D eigenvalue weighted by atomic mass is 10.2. The maximum atomic E-state index is 13.9. The summed E-state index contributed by atoms with van der Waals surface area (Å²) >= 11 is 0. The number of methoxy groups -OCH3 is 1. The molecule has 0 saturated carbocycles. The zero-order valence-corrected chi connectivity index (χ0v) is 19.5. The van der Waals surface area contributed by atoms with Gasteiger partial charge in [-0.1, -0.05) is 18.2 Å². The molecule has 5 heterocycles.